The summed E-state index contributed by atoms with van der Waals surface area (Å²) in [5.74, 6) is -0.452. The zero-order valence-electron chi connectivity index (χ0n) is 12.2. The second-order valence-corrected chi connectivity index (χ2v) is 5.51. The van der Waals surface area contributed by atoms with Gasteiger partial charge in [0.1, 0.15) is 6.10 Å². The molecule has 2 aromatic carbocycles. The van der Waals surface area contributed by atoms with Crippen molar-refractivity contribution in [1.29, 1.82) is 0 Å². The summed E-state index contributed by atoms with van der Waals surface area (Å²) in [5, 5.41) is 10.8. The Kier molecular flexibility index (Phi) is 5.16. The summed E-state index contributed by atoms with van der Waals surface area (Å²) < 4.78 is 5.36. The second kappa shape index (κ2) is 7.09. The maximum Gasteiger partial charge on any atom is 0.338 e. The van der Waals surface area contributed by atoms with Crippen LogP contribution in [0.5, 0.6) is 0 Å². The van der Waals surface area contributed by atoms with Crippen LogP contribution in [-0.4, -0.2) is 17.1 Å². The van der Waals surface area contributed by atoms with Gasteiger partial charge in [0.25, 0.3) is 5.69 Å². The second-order valence-electron chi connectivity index (χ2n) is 4.63. The van der Waals surface area contributed by atoms with E-state index in [1.165, 1.54) is 12.1 Å². The van der Waals surface area contributed by atoms with Gasteiger partial charge in [-0.15, -0.1) is 11.8 Å². The number of benzene rings is 2. The van der Waals surface area contributed by atoms with Gasteiger partial charge in [0.2, 0.25) is 0 Å². The molecule has 0 amide bonds. The number of thioether (sulfide) groups is 1. The normalized spacial score (nSPS) is 11.7. The van der Waals surface area contributed by atoms with E-state index in [1.54, 1.807) is 43.0 Å². The minimum atomic E-state index is -0.562. The van der Waals surface area contributed by atoms with Gasteiger partial charge < -0.3 is 4.74 Å². The number of hydrogen-bond donors (Lipinski definition) is 0. The number of carbonyl (C=O) groups is 1. The minimum absolute atomic E-state index is 0.0234. The largest absolute Gasteiger partial charge is 0.454 e. The van der Waals surface area contributed by atoms with Crippen molar-refractivity contribution in [2.75, 3.05) is 6.26 Å². The molecule has 0 aliphatic carbocycles. The van der Waals surface area contributed by atoms with Crippen molar-refractivity contribution in [2.24, 2.45) is 0 Å². The molecule has 0 bridgehead atoms. The number of nitro groups is 1. The first-order valence-electron chi connectivity index (χ1n) is 6.60. The van der Waals surface area contributed by atoms with Crippen LogP contribution in [0.15, 0.2) is 53.4 Å². The van der Waals surface area contributed by atoms with E-state index in [2.05, 4.69) is 0 Å². The summed E-state index contributed by atoms with van der Waals surface area (Å²) in [4.78, 5) is 23.4. The molecule has 1 atom stereocenters. The average molecular weight is 317 g/mol. The predicted molar refractivity (Wildman–Crippen MR) is 85.1 cm³/mol. The summed E-state index contributed by atoms with van der Waals surface area (Å²) in [6, 6.07) is 13.2. The van der Waals surface area contributed by atoms with Crippen LogP contribution in [0.3, 0.4) is 0 Å². The van der Waals surface area contributed by atoms with E-state index >= 15 is 0 Å². The lowest BCUT2D eigenvalue weighted by Crippen LogP contribution is -2.09. The van der Waals surface area contributed by atoms with Crippen LogP contribution in [0, 0.1) is 10.1 Å². The number of esters is 1. The third kappa shape index (κ3) is 3.85. The molecule has 5 nitrogen and oxygen atoms in total. The number of hydrogen-bond acceptors (Lipinski definition) is 5. The Morgan fingerprint density at radius 2 is 1.91 bits per heavy atom. The molecule has 2 aromatic rings. The van der Waals surface area contributed by atoms with Gasteiger partial charge in [-0.3, -0.25) is 10.1 Å². The van der Waals surface area contributed by atoms with E-state index in [0.29, 0.717) is 11.1 Å². The molecule has 6 heteroatoms. The molecule has 2 rings (SSSR count). The summed E-state index contributed by atoms with van der Waals surface area (Å²) >= 11 is 1.59. The summed E-state index contributed by atoms with van der Waals surface area (Å²) in [5.41, 5.74) is 1.02. The molecule has 22 heavy (non-hydrogen) atoms. The van der Waals surface area contributed by atoms with Crippen LogP contribution in [0.4, 0.5) is 5.69 Å². The molecule has 0 aliphatic heterocycles. The van der Waals surface area contributed by atoms with Crippen LogP contribution in [-0.2, 0) is 4.74 Å². The van der Waals surface area contributed by atoms with Gasteiger partial charge in [-0.25, -0.2) is 4.79 Å². The summed E-state index contributed by atoms with van der Waals surface area (Å²) in [7, 11) is 0. The predicted octanol–water partition coefficient (Wildman–Crippen LogP) is 4.23. The molecule has 0 fully saturated rings. The Labute approximate surface area is 132 Å². The molecular formula is C16H15NO4S. The number of carbonyl (C=O) groups excluding carboxylic acids is 1. The Hall–Kier alpha value is -2.34. The van der Waals surface area contributed by atoms with E-state index in [4.69, 9.17) is 4.74 Å². The average Bonchev–Trinajstić information content (AvgIpc) is 2.54. The summed E-state index contributed by atoms with van der Waals surface area (Å²) in [6.45, 7) is 1.69. The topological polar surface area (TPSA) is 69.4 Å². The molecule has 0 saturated heterocycles. The quantitative estimate of drug-likeness (QED) is 0.357. The van der Waals surface area contributed by atoms with Crippen molar-refractivity contribution in [1.82, 2.24) is 0 Å². The SMILES string of the molecule is CSc1ccc(C(=O)O[C@@H](C)c2cccc([N+](=O)[O-])c2)cc1. The lowest BCUT2D eigenvalue weighted by atomic mass is 10.1. The van der Waals surface area contributed by atoms with E-state index in [0.717, 1.165) is 4.90 Å². The molecule has 0 aromatic heterocycles. The molecule has 0 saturated carbocycles. The monoisotopic (exact) mass is 317 g/mol. The lowest BCUT2D eigenvalue weighted by Gasteiger charge is -2.13. The van der Waals surface area contributed by atoms with E-state index in [-0.39, 0.29) is 5.69 Å². The van der Waals surface area contributed by atoms with Gasteiger partial charge in [0.15, 0.2) is 0 Å². The van der Waals surface area contributed by atoms with Crippen molar-refractivity contribution >= 4 is 23.4 Å². The van der Waals surface area contributed by atoms with Gasteiger partial charge in [-0.1, -0.05) is 12.1 Å². The standard InChI is InChI=1S/C16H15NO4S/c1-11(13-4-3-5-14(10-13)17(19)20)21-16(18)12-6-8-15(22-2)9-7-12/h3-11H,1-2H3/t11-/m0/s1. The number of nitrogens with zero attached hydrogens (tertiary/aromatic N) is 1. The zero-order chi connectivity index (χ0) is 16.1. The Morgan fingerprint density at radius 1 is 1.23 bits per heavy atom. The first-order chi connectivity index (χ1) is 10.5. The van der Waals surface area contributed by atoms with Crippen LogP contribution in [0.1, 0.15) is 28.9 Å². The van der Waals surface area contributed by atoms with E-state index in [9.17, 15) is 14.9 Å². The molecule has 0 aliphatic rings. The highest BCUT2D eigenvalue weighted by Gasteiger charge is 2.16. The van der Waals surface area contributed by atoms with Gasteiger partial charge in [-0.2, -0.15) is 0 Å². The molecular weight excluding hydrogens is 302 g/mol. The zero-order valence-corrected chi connectivity index (χ0v) is 13.0. The molecule has 0 spiro atoms. The van der Waals surface area contributed by atoms with Crippen molar-refractivity contribution in [2.45, 2.75) is 17.9 Å². The number of nitro benzene ring substituents is 1. The highest BCUT2D eigenvalue weighted by Crippen LogP contribution is 2.23. The molecule has 0 N–H and O–H groups in total. The van der Waals surface area contributed by atoms with Crippen molar-refractivity contribution in [3.63, 3.8) is 0 Å². The molecule has 0 unspecified atom stereocenters. The van der Waals surface area contributed by atoms with Crippen molar-refractivity contribution in [3.05, 3.63) is 69.8 Å². The Bertz CT molecular complexity index is 685. The van der Waals surface area contributed by atoms with Crippen molar-refractivity contribution < 1.29 is 14.5 Å². The first-order valence-corrected chi connectivity index (χ1v) is 7.83. The maximum atomic E-state index is 12.1. The van der Waals surface area contributed by atoms with Gasteiger partial charge in [0, 0.05) is 17.0 Å². The minimum Gasteiger partial charge on any atom is -0.454 e. The van der Waals surface area contributed by atoms with Gasteiger partial charge in [-0.05, 0) is 43.0 Å². The van der Waals surface area contributed by atoms with Gasteiger partial charge in [0.05, 0.1) is 10.5 Å². The fourth-order valence-electron chi connectivity index (χ4n) is 1.91. The van der Waals surface area contributed by atoms with Crippen LogP contribution >= 0.6 is 11.8 Å². The molecule has 114 valence electrons. The van der Waals surface area contributed by atoms with E-state index < -0.39 is 17.0 Å². The smallest absolute Gasteiger partial charge is 0.338 e. The number of ether oxygens (including phenoxy) is 1. The third-order valence-electron chi connectivity index (χ3n) is 3.16. The first kappa shape index (κ1) is 16.0. The summed E-state index contributed by atoms with van der Waals surface area (Å²) in [6.07, 6.45) is 1.39. The van der Waals surface area contributed by atoms with Gasteiger partial charge >= 0.3 is 5.97 Å². The number of non-ortho nitro benzene ring substituents is 1. The van der Waals surface area contributed by atoms with Crippen molar-refractivity contribution in [3.8, 4) is 0 Å². The molecule has 0 heterocycles. The lowest BCUT2D eigenvalue weighted by molar-refractivity contribution is -0.385. The highest BCUT2D eigenvalue weighted by atomic mass is 32.2. The van der Waals surface area contributed by atoms with Crippen LogP contribution in [0.2, 0.25) is 0 Å². The third-order valence-corrected chi connectivity index (χ3v) is 3.90. The number of rotatable bonds is 5. The fourth-order valence-corrected chi connectivity index (χ4v) is 2.32. The molecule has 0 radical (unpaired) electrons. The Morgan fingerprint density at radius 3 is 2.50 bits per heavy atom. The maximum absolute atomic E-state index is 12.1. The Balaban J connectivity index is 2.10. The van der Waals surface area contributed by atoms with Crippen LogP contribution < -0.4 is 0 Å². The fraction of sp³-hybridized carbons (Fsp3) is 0.188. The van der Waals surface area contributed by atoms with E-state index in [1.807, 2.05) is 18.4 Å². The highest BCUT2D eigenvalue weighted by molar-refractivity contribution is 7.98. The van der Waals surface area contributed by atoms with Crippen LogP contribution in [0.25, 0.3) is 0 Å².